The van der Waals surface area contributed by atoms with E-state index in [1.54, 1.807) is 22.5 Å². The maximum Gasteiger partial charge on any atom is 0.243 e. The molecule has 0 aromatic heterocycles. The number of halogens is 1. The first-order valence-electron chi connectivity index (χ1n) is 12.0. The van der Waals surface area contributed by atoms with E-state index < -0.39 is 15.4 Å². The average Bonchev–Trinajstić information content (AvgIpc) is 2.86. The summed E-state index contributed by atoms with van der Waals surface area (Å²) < 4.78 is 39.8. The van der Waals surface area contributed by atoms with Gasteiger partial charge in [-0.1, -0.05) is 29.8 Å². The molecule has 2 saturated heterocycles. The van der Waals surface area contributed by atoms with Crippen molar-refractivity contribution in [3.63, 3.8) is 0 Å². The minimum Gasteiger partial charge on any atom is -0.493 e. The highest BCUT2D eigenvalue weighted by atomic mass is 35.5. The van der Waals surface area contributed by atoms with E-state index in [2.05, 4.69) is 0 Å². The van der Waals surface area contributed by atoms with Crippen LogP contribution >= 0.6 is 11.6 Å². The molecule has 0 spiro atoms. The second-order valence-electron chi connectivity index (χ2n) is 9.54. The van der Waals surface area contributed by atoms with Gasteiger partial charge < -0.3 is 14.4 Å². The Hall–Kier alpha value is -2.13. The van der Waals surface area contributed by atoms with Crippen molar-refractivity contribution in [1.29, 1.82) is 0 Å². The Bertz CT molecular complexity index is 1160. The normalized spacial score (nSPS) is 18.9. The van der Waals surface area contributed by atoms with E-state index >= 15 is 0 Å². The number of amides is 1. The highest BCUT2D eigenvalue weighted by Crippen LogP contribution is 2.39. The summed E-state index contributed by atoms with van der Waals surface area (Å²) in [4.78, 5) is 15.4. The Morgan fingerprint density at radius 3 is 2.37 bits per heavy atom. The molecule has 35 heavy (non-hydrogen) atoms. The predicted molar refractivity (Wildman–Crippen MR) is 135 cm³/mol. The second kappa shape index (κ2) is 10.9. The molecule has 0 radical (unpaired) electrons. The molecule has 2 aromatic rings. The molecule has 0 atom stereocenters. The van der Waals surface area contributed by atoms with Crippen molar-refractivity contribution in [2.24, 2.45) is 5.41 Å². The molecular formula is C26H33ClN2O5S. The number of aryl methyl sites for hydroxylation is 2. The standard InChI is InChI=1S/C26H33ClN2O5S/c1-20-5-3-4-6-24(20)35(31,32)29-11-9-26(10-12-29,18-25(30)28-13-15-33-16-14-28)19-34-22-7-8-23(27)21(2)17-22/h3-8,17H,9-16,18-19H2,1-2H3. The molecule has 7 nitrogen and oxygen atoms in total. The van der Waals surface area contributed by atoms with Crippen LogP contribution in [0.15, 0.2) is 47.4 Å². The molecule has 4 rings (SSSR count). The number of piperidine rings is 1. The van der Waals surface area contributed by atoms with Crippen LogP contribution in [0.2, 0.25) is 5.02 Å². The number of ether oxygens (including phenoxy) is 2. The zero-order valence-electron chi connectivity index (χ0n) is 20.3. The minimum absolute atomic E-state index is 0.0689. The minimum atomic E-state index is -3.60. The van der Waals surface area contributed by atoms with E-state index in [4.69, 9.17) is 21.1 Å². The van der Waals surface area contributed by atoms with Gasteiger partial charge in [-0.3, -0.25) is 4.79 Å². The second-order valence-corrected chi connectivity index (χ2v) is 11.9. The van der Waals surface area contributed by atoms with Gasteiger partial charge in [-0.2, -0.15) is 4.31 Å². The van der Waals surface area contributed by atoms with Gasteiger partial charge in [0.25, 0.3) is 0 Å². The van der Waals surface area contributed by atoms with Crippen LogP contribution in [0.4, 0.5) is 0 Å². The van der Waals surface area contributed by atoms with Gasteiger partial charge in [-0.25, -0.2) is 8.42 Å². The predicted octanol–water partition coefficient (Wildman–Crippen LogP) is 4.06. The van der Waals surface area contributed by atoms with E-state index in [1.807, 2.05) is 43.0 Å². The van der Waals surface area contributed by atoms with E-state index in [9.17, 15) is 13.2 Å². The molecule has 0 saturated carbocycles. The maximum absolute atomic E-state index is 13.3. The van der Waals surface area contributed by atoms with Crippen LogP contribution < -0.4 is 4.74 Å². The molecule has 0 aliphatic carbocycles. The Morgan fingerprint density at radius 1 is 1.03 bits per heavy atom. The number of hydrogen-bond donors (Lipinski definition) is 0. The number of benzene rings is 2. The SMILES string of the molecule is Cc1cc(OCC2(CC(=O)N3CCOCC3)CCN(S(=O)(=O)c3ccccc3C)CC2)ccc1Cl. The van der Waals surface area contributed by atoms with Gasteiger partial charge in [0.1, 0.15) is 5.75 Å². The Kier molecular flexibility index (Phi) is 8.06. The summed E-state index contributed by atoms with van der Waals surface area (Å²) in [6.07, 6.45) is 1.40. The maximum atomic E-state index is 13.3. The molecule has 190 valence electrons. The topological polar surface area (TPSA) is 76.2 Å². The molecule has 9 heteroatoms. The third kappa shape index (κ3) is 6.00. The van der Waals surface area contributed by atoms with Crippen LogP contribution in [0.5, 0.6) is 5.75 Å². The van der Waals surface area contributed by atoms with Gasteiger partial charge in [0.2, 0.25) is 15.9 Å². The largest absolute Gasteiger partial charge is 0.493 e. The van der Waals surface area contributed by atoms with Gasteiger partial charge >= 0.3 is 0 Å². The van der Waals surface area contributed by atoms with Crippen LogP contribution in [0.3, 0.4) is 0 Å². The van der Waals surface area contributed by atoms with Crippen molar-refractivity contribution in [1.82, 2.24) is 9.21 Å². The van der Waals surface area contributed by atoms with Crippen molar-refractivity contribution in [2.75, 3.05) is 46.0 Å². The summed E-state index contributed by atoms with van der Waals surface area (Å²) in [7, 11) is -3.60. The number of sulfonamides is 1. The smallest absolute Gasteiger partial charge is 0.243 e. The third-order valence-corrected chi connectivity index (χ3v) is 9.54. The molecule has 1 amide bonds. The fourth-order valence-corrected chi connectivity index (χ4v) is 6.53. The van der Waals surface area contributed by atoms with Crippen LogP contribution in [0.25, 0.3) is 0 Å². The lowest BCUT2D eigenvalue weighted by Crippen LogP contribution is -2.49. The van der Waals surface area contributed by atoms with Gasteiger partial charge in [-0.15, -0.1) is 0 Å². The number of hydrogen-bond acceptors (Lipinski definition) is 5. The van der Waals surface area contributed by atoms with Gasteiger partial charge in [0.15, 0.2) is 0 Å². The number of carbonyl (C=O) groups is 1. The molecule has 0 N–H and O–H groups in total. The van der Waals surface area contributed by atoms with Crippen LogP contribution in [-0.4, -0.2) is 69.5 Å². The third-order valence-electron chi connectivity index (χ3n) is 7.06. The lowest BCUT2D eigenvalue weighted by molar-refractivity contribution is -0.139. The van der Waals surface area contributed by atoms with Gasteiger partial charge in [0.05, 0.1) is 24.7 Å². The molecular weight excluding hydrogens is 488 g/mol. The summed E-state index contributed by atoms with van der Waals surface area (Å²) in [5, 5.41) is 0.671. The molecule has 0 bridgehead atoms. The van der Waals surface area contributed by atoms with E-state index in [0.29, 0.717) is 80.9 Å². The van der Waals surface area contributed by atoms with Gasteiger partial charge in [-0.05, 0) is 62.1 Å². The highest BCUT2D eigenvalue weighted by Gasteiger charge is 2.42. The van der Waals surface area contributed by atoms with E-state index in [0.717, 1.165) is 11.1 Å². The van der Waals surface area contributed by atoms with Crippen molar-refractivity contribution in [3.8, 4) is 5.75 Å². The highest BCUT2D eigenvalue weighted by molar-refractivity contribution is 7.89. The fraction of sp³-hybridized carbons (Fsp3) is 0.500. The number of rotatable bonds is 7. The van der Waals surface area contributed by atoms with Crippen LogP contribution in [0.1, 0.15) is 30.4 Å². The first-order chi connectivity index (χ1) is 16.7. The Morgan fingerprint density at radius 2 is 1.71 bits per heavy atom. The Balaban J connectivity index is 1.51. The van der Waals surface area contributed by atoms with Crippen molar-refractivity contribution in [3.05, 3.63) is 58.6 Å². The quantitative estimate of drug-likeness (QED) is 0.550. The monoisotopic (exact) mass is 520 g/mol. The summed E-state index contributed by atoms with van der Waals surface area (Å²) in [6, 6.07) is 12.6. The first-order valence-corrected chi connectivity index (χ1v) is 13.8. The van der Waals surface area contributed by atoms with Crippen molar-refractivity contribution in [2.45, 2.75) is 38.0 Å². The zero-order chi connectivity index (χ0) is 25.1. The van der Waals surface area contributed by atoms with E-state index in [-0.39, 0.29) is 5.91 Å². The van der Waals surface area contributed by atoms with E-state index in [1.165, 1.54) is 0 Å². The van der Waals surface area contributed by atoms with Crippen LogP contribution in [0, 0.1) is 19.3 Å². The first kappa shape index (κ1) is 25.9. The molecule has 0 unspecified atom stereocenters. The zero-order valence-corrected chi connectivity index (χ0v) is 21.9. The molecule has 2 aliphatic heterocycles. The van der Waals surface area contributed by atoms with Crippen LogP contribution in [-0.2, 0) is 19.6 Å². The molecule has 2 heterocycles. The molecule has 2 aromatic carbocycles. The molecule has 2 aliphatic rings. The fourth-order valence-electron chi connectivity index (χ4n) is 4.75. The Labute approximate surface area is 213 Å². The summed E-state index contributed by atoms with van der Waals surface area (Å²) in [6.45, 7) is 7.00. The average molecular weight is 521 g/mol. The van der Waals surface area contributed by atoms with Gasteiger partial charge in [0, 0.05) is 43.0 Å². The molecule has 2 fully saturated rings. The van der Waals surface area contributed by atoms with Crippen molar-refractivity contribution < 1.29 is 22.7 Å². The summed E-state index contributed by atoms with van der Waals surface area (Å²) >= 11 is 6.15. The number of nitrogens with zero attached hydrogens (tertiary/aromatic N) is 2. The lowest BCUT2D eigenvalue weighted by atomic mass is 9.76. The lowest BCUT2D eigenvalue weighted by Gasteiger charge is -2.42. The summed E-state index contributed by atoms with van der Waals surface area (Å²) in [5.74, 6) is 0.763. The number of morpholine rings is 1. The number of carbonyl (C=O) groups excluding carboxylic acids is 1. The van der Waals surface area contributed by atoms with Crippen molar-refractivity contribution >= 4 is 27.5 Å². The summed E-state index contributed by atoms with van der Waals surface area (Å²) in [5.41, 5.74) is 1.19.